The Morgan fingerprint density at radius 2 is 2.04 bits per heavy atom. The monoisotopic (exact) mass is 348 g/mol. The zero-order valence-electron chi connectivity index (χ0n) is 14.7. The van der Waals surface area contributed by atoms with Gasteiger partial charge in [0.15, 0.2) is 0 Å². The van der Waals surface area contributed by atoms with Gasteiger partial charge in [-0.25, -0.2) is 4.39 Å². The van der Waals surface area contributed by atoms with E-state index in [0.29, 0.717) is 25.3 Å². The predicted molar refractivity (Wildman–Crippen MR) is 94.0 cm³/mol. The molecule has 1 aromatic carbocycles. The lowest BCUT2D eigenvalue weighted by atomic mass is 10.1. The van der Waals surface area contributed by atoms with Gasteiger partial charge in [0.25, 0.3) is 0 Å². The second-order valence-electron chi connectivity index (χ2n) is 6.28. The van der Waals surface area contributed by atoms with Crippen LogP contribution in [0.5, 0.6) is 0 Å². The van der Waals surface area contributed by atoms with Gasteiger partial charge in [0.1, 0.15) is 11.6 Å². The summed E-state index contributed by atoms with van der Waals surface area (Å²) in [6, 6.07) is 6.31. The first kappa shape index (κ1) is 17.8. The van der Waals surface area contributed by atoms with Crippen LogP contribution in [0.15, 0.2) is 24.3 Å². The van der Waals surface area contributed by atoms with Gasteiger partial charge < -0.3 is 20.1 Å². The number of halogens is 1. The highest BCUT2D eigenvalue weighted by molar-refractivity contribution is 5.50. The van der Waals surface area contributed by atoms with Crippen molar-refractivity contribution in [1.29, 1.82) is 0 Å². The van der Waals surface area contributed by atoms with Crippen LogP contribution in [0, 0.1) is 12.7 Å². The Morgan fingerprint density at radius 1 is 1.32 bits per heavy atom. The van der Waals surface area contributed by atoms with Crippen LogP contribution in [-0.2, 0) is 18.3 Å². The largest absolute Gasteiger partial charge is 0.387 e. The van der Waals surface area contributed by atoms with E-state index in [1.54, 1.807) is 18.2 Å². The van der Waals surface area contributed by atoms with Crippen LogP contribution in [0.1, 0.15) is 22.9 Å². The summed E-state index contributed by atoms with van der Waals surface area (Å²) in [7, 11) is 1.94. The number of aryl methyl sites for hydroxylation is 2. The van der Waals surface area contributed by atoms with Crippen molar-refractivity contribution in [2.24, 2.45) is 7.05 Å². The average Bonchev–Trinajstić information content (AvgIpc) is 2.89. The number of aliphatic hydroxyl groups is 1. The van der Waals surface area contributed by atoms with Gasteiger partial charge in [-0.15, -0.1) is 0 Å². The summed E-state index contributed by atoms with van der Waals surface area (Å²) in [6.07, 6.45) is -0.884. The molecule has 0 spiro atoms. The summed E-state index contributed by atoms with van der Waals surface area (Å²) < 4.78 is 21.1. The number of hydrogen-bond acceptors (Lipinski definition) is 5. The van der Waals surface area contributed by atoms with Crippen LogP contribution in [0.2, 0.25) is 0 Å². The van der Waals surface area contributed by atoms with Gasteiger partial charge in [-0.3, -0.25) is 4.68 Å². The topological polar surface area (TPSA) is 62.5 Å². The van der Waals surface area contributed by atoms with Crippen molar-refractivity contribution in [2.45, 2.75) is 19.6 Å². The summed E-state index contributed by atoms with van der Waals surface area (Å²) in [4.78, 5) is 2.27. The maximum atomic E-state index is 13.7. The summed E-state index contributed by atoms with van der Waals surface area (Å²) in [5, 5.41) is 18.0. The maximum Gasteiger partial charge on any atom is 0.131 e. The van der Waals surface area contributed by atoms with Crippen molar-refractivity contribution >= 4 is 5.82 Å². The fourth-order valence-electron chi connectivity index (χ4n) is 3.26. The van der Waals surface area contributed by atoms with Crippen LogP contribution in [0.3, 0.4) is 0 Å². The molecule has 1 fully saturated rings. The van der Waals surface area contributed by atoms with Gasteiger partial charge in [-0.2, -0.15) is 5.10 Å². The molecule has 0 radical (unpaired) electrons. The first-order valence-corrected chi connectivity index (χ1v) is 8.56. The summed E-state index contributed by atoms with van der Waals surface area (Å²) >= 11 is 0. The molecule has 7 heteroatoms. The Labute approximate surface area is 147 Å². The SMILES string of the molecule is Cc1nn(C)c(N2CCOCC2)c1CNC[C@@H](O)c1ccccc1F. The Balaban J connectivity index is 1.66. The Kier molecular flexibility index (Phi) is 5.67. The van der Waals surface area contributed by atoms with E-state index in [1.165, 1.54) is 6.07 Å². The smallest absolute Gasteiger partial charge is 0.131 e. The van der Waals surface area contributed by atoms with Crippen molar-refractivity contribution in [3.05, 3.63) is 46.9 Å². The van der Waals surface area contributed by atoms with E-state index in [1.807, 2.05) is 18.7 Å². The number of morpholine rings is 1. The van der Waals surface area contributed by atoms with Crippen LogP contribution in [0.25, 0.3) is 0 Å². The molecule has 0 aliphatic carbocycles. The summed E-state index contributed by atoms with van der Waals surface area (Å²) in [5.74, 6) is 0.692. The number of ether oxygens (including phenoxy) is 1. The van der Waals surface area contributed by atoms with E-state index in [2.05, 4.69) is 15.3 Å². The molecule has 2 heterocycles. The predicted octanol–water partition coefficient (Wildman–Crippen LogP) is 1.53. The number of rotatable bonds is 6. The summed E-state index contributed by atoms with van der Waals surface area (Å²) in [5.41, 5.74) is 2.37. The van der Waals surface area contributed by atoms with Gasteiger partial charge in [0.05, 0.1) is 25.0 Å². The molecule has 2 N–H and O–H groups in total. The lowest BCUT2D eigenvalue weighted by Crippen LogP contribution is -2.38. The van der Waals surface area contributed by atoms with E-state index >= 15 is 0 Å². The number of hydrogen-bond donors (Lipinski definition) is 2. The van der Waals surface area contributed by atoms with Gasteiger partial charge in [-0.1, -0.05) is 18.2 Å². The molecule has 1 atom stereocenters. The molecule has 0 bridgehead atoms. The molecule has 1 aliphatic rings. The third-order valence-electron chi connectivity index (χ3n) is 4.53. The minimum atomic E-state index is -0.884. The van der Waals surface area contributed by atoms with Gasteiger partial charge in [0, 0.05) is 44.4 Å². The van der Waals surface area contributed by atoms with Crippen molar-refractivity contribution in [1.82, 2.24) is 15.1 Å². The van der Waals surface area contributed by atoms with Crippen molar-refractivity contribution in [3.8, 4) is 0 Å². The molecule has 0 saturated carbocycles. The molecule has 1 saturated heterocycles. The second kappa shape index (κ2) is 7.95. The van der Waals surface area contributed by atoms with Crippen LogP contribution >= 0.6 is 0 Å². The molecule has 2 aromatic rings. The molecule has 25 heavy (non-hydrogen) atoms. The van der Waals surface area contributed by atoms with Crippen molar-refractivity contribution in [3.63, 3.8) is 0 Å². The van der Waals surface area contributed by atoms with Gasteiger partial charge >= 0.3 is 0 Å². The third kappa shape index (κ3) is 4.00. The van der Waals surface area contributed by atoms with E-state index in [4.69, 9.17) is 4.74 Å². The van der Waals surface area contributed by atoms with E-state index in [-0.39, 0.29) is 12.4 Å². The Hall–Kier alpha value is -1.96. The third-order valence-corrected chi connectivity index (χ3v) is 4.53. The van der Waals surface area contributed by atoms with Crippen LogP contribution in [-0.4, -0.2) is 47.7 Å². The lowest BCUT2D eigenvalue weighted by molar-refractivity contribution is 0.122. The molecule has 0 amide bonds. The molecule has 6 nitrogen and oxygen atoms in total. The molecular formula is C18H25FN4O2. The Bertz CT molecular complexity index is 713. The minimum Gasteiger partial charge on any atom is -0.387 e. The fraction of sp³-hybridized carbons (Fsp3) is 0.500. The number of aromatic nitrogens is 2. The normalized spacial score (nSPS) is 16.2. The number of nitrogens with one attached hydrogen (secondary N) is 1. The number of aliphatic hydroxyl groups excluding tert-OH is 1. The highest BCUT2D eigenvalue weighted by Crippen LogP contribution is 2.24. The van der Waals surface area contributed by atoms with E-state index in [9.17, 15) is 9.50 Å². The number of nitrogens with zero attached hydrogens (tertiary/aromatic N) is 3. The zero-order valence-corrected chi connectivity index (χ0v) is 14.7. The highest BCUT2D eigenvalue weighted by atomic mass is 19.1. The van der Waals surface area contributed by atoms with Crippen LogP contribution < -0.4 is 10.2 Å². The van der Waals surface area contributed by atoms with Crippen molar-refractivity contribution in [2.75, 3.05) is 37.7 Å². The van der Waals surface area contributed by atoms with Crippen molar-refractivity contribution < 1.29 is 14.2 Å². The van der Waals surface area contributed by atoms with Crippen LogP contribution in [0.4, 0.5) is 10.2 Å². The quantitative estimate of drug-likeness (QED) is 0.829. The molecule has 1 aliphatic heterocycles. The molecule has 136 valence electrons. The maximum absolute atomic E-state index is 13.7. The highest BCUT2D eigenvalue weighted by Gasteiger charge is 2.21. The fourth-order valence-corrected chi connectivity index (χ4v) is 3.26. The Morgan fingerprint density at radius 3 is 2.76 bits per heavy atom. The summed E-state index contributed by atoms with van der Waals surface area (Å²) in [6.45, 7) is 5.92. The average molecular weight is 348 g/mol. The number of benzene rings is 1. The van der Waals surface area contributed by atoms with E-state index < -0.39 is 6.10 Å². The zero-order chi connectivity index (χ0) is 17.8. The van der Waals surface area contributed by atoms with Gasteiger partial charge in [-0.05, 0) is 13.0 Å². The van der Waals surface area contributed by atoms with Gasteiger partial charge in [0.2, 0.25) is 0 Å². The minimum absolute atomic E-state index is 0.276. The molecule has 3 rings (SSSR count). The number of anilines is 1. The first-order valence-electron chi connectivity index (χ1n) is 8.56. The van der Waals surface area contributed by atoms with E-state index in [0.717, 1.165) is 30.2 Å². The molecule has 0 unspecified atom stereocenters. The second-order valence-corrected chi connectivity index (χ2v) is 6.28. The first-order chi connectivity index (χ1) is 12.1. The molecular weight excluding hydrogens is 323 g/mol. The molecule has 1 aromatic heterocycles. The lowest BCUT2D eigenvalue weighted by Gasteiger charge is -2.29. The standard InChI is InChI=1S/C18H25FN4O2/c1-13-15(18(22(2)21-13)23-7-9-25-10-8-23)11-20-12-17(24)14-5-3-4-6-16(14)19/h3-6,17,20,24H,7-12H2,1-2H3/t17-/m1/s1.